The number of methoxy groups -OCH3 is 2. The van der Waals surface area contributed by atoms with Crippen molar-refractivity contribution in [1.29, 1.82) is 0 Å². The van der Waals surface area contributed by atoms with E-state index in [9.17, 15) is 14.4 Å². The summed E-state index contributed by atoms with van der Waals surface area (Å²) in [6, 6.07) is 13.1. The Morgan fingerprint density at radius 1 is 0.935 bits per heavy atom. The molecule has 2 aromatic carbocycles. The van der Waals surface area contributed by atoms with Crippen LogP contribution in [0.3, 0.4) is 0 Å². The van der Waals surface area contributed by atoms with Gasteiger partial charge in [-0.1, -0.05) is 36.8 Å². The van der Waals surface area contributed by atoms with E-state index in [-0.39, 0.29) is 11.3 Å². The smallest absolute Gasteiger partial charge is 0.328 e. The number of nitrogens with one attached hydrogen (secondary N) is 1. The minimum atomic E-state index is -0.455. The number of aryl methyl sites for hydroxylation is 1. The summed E-state index contributed by atoms with van der Waals surface area (Å²) in [5, 5.41) is 0.369. The first-order chi connectivity index (χ1) is 15.0. The van der Waals surface area contributed by atoms with Crippen LogP contribution in [-0.4, -0.2) is 29.6 Å². The molecule has 164 valence electrons. The molecule has 0 fully saturated rings. The zero-order valence-corrected chi connectivity index (χ0v) is 18.0. The maximum absolute atomic E-state index is 12.8. The molecule has 0 aliphatic rings. The number of benzene rings is 2. The Bertz CT molecular complexity index is 1150. The number of fused-ring (bicyclic) bond motifs is 1. The Labute approximate surface area is 180 Å². The standard InChI is InChI=1S/C24H28N2O5/c1-30-21-15-19-20(16-22(21)31-2)25-24(29)26(23(19)28)14-8-4-7-11-18(27)13-12-17-9-5-3-6-10-17/h3,5-6,9-10,15-16H,4,7-8,11-14H2,1-2H3,(H,25,29). The molecular weight excluding hydrogens is 396 g/mol. The maximum atomic E-state index is 12.8. The second kappa shape index (κ2) is 10.6. The van der Waals surface area contributed by atoms with Crippen LogP contribution in [0.5, 0.6) is 11.5 Å². The maximum Gasteiger partial charge on any atom is 0.328 e. The van der Waals surface area contributed by atoms with Crippen molar-refractivity contribution in [2.45, 2.75) is 45.1 Å². The number of carbonyl (C=O) groups excluding carboxylic acids is 1. The Morgan fingerprint density at radius 2 is 1.65 bits per heavy atom. The molecule has 0 atom stereocenters. The van der Waals surface area contributed by atoms with Gasteiger partial charge in [-0.2, -0.15) is 0 Å². The van der Waals surface area contributed by atoms with Gasteiger partial charge in [0.15, 0.2) is 11.5 Å². The van der Waals surface area contributed by atoms with E-state index in [4.69, 9.17) is 9.47 Å². The van der Waals surface area contributed by atoms with Gasteiger partial charge in [0.25, 0.3) is 5.56 Å². The van der Waals surface area contributed by atoms with E-state index in [1.54, 1.807) is 12.1 Å². The van der Waals surface area contributed by atoms with Gasteiger partial charge >= 0.3 is 5.69 Å². The number of aromatic amines is 1. The van der Waals surface area contributed by atoms with E-state index in [0.717, 1.165) is 19.3 Å². The van der Waals surface area contributed by atoms with Crippen molar-refractivity contribution in [3.63, 3.8) is 0 Å². The Morgan fingerprint density at radius 3 is 2.35 bits per heavy atom. The topological polar surface area (TPSA) is 90.4 Å². The Hall–Kier alpha value is -3.35. The molecule has 3 rings (SSSR count). The summed E-state index contributed by atoms with van der Waals surface area (Å²) in [6.45, 7) is 0.302. The first-order valence-corrected chi connectivity index (χ1v) is 10.5. The van der Waals surface area contributed by atoms with Crippen molar-refractivity contribution < 1.29 is 14.3 Å². The molecule has 0 aliphatic carbocycles. The number of aromatic nitrogens is 2. The van der Waals surface area contributed by atoms with Crippen LogP contribution in [0, 0.1) is 0 Å². The van der Waals surface area contributed by atoms with Crippen LogP contribution in [-0.2, 0) is 17.8 Å². The lowest BCUT2D eigenvalue weighted by atomic mass is 10.0. The number of ether oxygens (including phenoxy) is 2. The summed E-state index contributed by atoms with van der Waals surface area (Å²) >= 11 is 0. The van der Waals surface area contributed by atoms with Crippen LogP contribution in [0.25, 0.3) is 10.9 Å². The summed E-state index contributed by atoms with van der Waals surface area (Å²) in [7, 11) is 2.99. The van der Waals surface area contributed by atoms with Gasteiger partial charge in [-0.25, -0.2) is 4.79 Å². The molecule has 1 N–H and O–H groups in total. The molecule has 0 saturated heterocycles. The summed E-state index contributed by atoms with van der Waals surface area (Å²) < 4.78 is 11.7. The van der Waals surface area contributed by atoms with Crippen LogP contribution in [0.15, 0.2) is 52.1 Å². The molecule has 3 aromatic rings. The molecule has 7 heteroatoms. The van der Waals surface area contributed by atoms with Gasteiger partial charge in [-0.15, -0.1) is 0 Å². The normalized spacial score (nSPS) is 10.9. The van der Waals surface area contributed by atoms with Crippen LogP contribution < -0.4 is 20.7 Å². The first-order valence-electron chi connectivity index (χ1n) is 10.5. The highest BCUT2D eigenvalue weighted by molar-refractivity contribution is 5.81. The molecule has 1 aromatic heterocycles. The number of unbranched alkanes of at least 4 members (excludes halogenated alkanes) is 2. The minimum absolute atomic E-state index is 0.241. The Balaban J connectivity index is 1.54. The van der Waals surface area contributed by atoms with Gasteiger partial charge in [0, 0.05) is 25.5 Å². The summed E-state index contributed by atoms with van der Waals surface area (Å²) in [5.41, 5.74) is 0.759. The van der Waals surface area contributed by atoms with Crippen LogP contribution in [0.4, 0.5) is 0 Å². The lowest BCUT2D eigenvalue weighted by Gasteiger charge is -2.10. The van der Waals surface area contributed by atoms with E-state index in [2.05, 4.69) is 4.98 Å². The summed E-state index contributed by atoms with van der Waals surface area (Å²) in [5.74, 6) is 1.12. The minimum Gasteiger partial charge on any atom is -0.493 e. The van der Waals surface area contributed by atoms with Crippen molar-refractivity contribution in [3.05, 3.63) is 68.9 Å². The highest BCUT2D eigenvalue weighted by Gasteiger charge is 2.12. The van der Waals surface area contributed by atoms with E-state index in [0.29, 0.717) is 48.2 Å². The predicted octanol–water partition coefficient (Wildman–Crippen LogP) is 3.47. The van der Waals surface area contributed by atoms with Crippen LogP contribution in [0.2, 0.25) is 0 Å². The number of nitrogens with zero attached hydrogens (tertiary/aromatic N) is 1. The zero-order chi connectivity index (χ0) is 22.2. The number of Topliss-reactive ketones (excluding diaryl/α,β-unsaturated/α-hetero) is 1. The average molecular weight is 424 g/mol. The molecule has 0 radical (unpaired) electrons. The lowest BCUT2D eigenvalue weighted by molar-refractivity contribution is -0.119. The van der Waals surface area contributed by atoms with E-state index >= 15 is 0 Å². The van der Waals surface area contributed by atoms with Gasteiger partial charge < -0.3 is 14.5 Å². The van der Waals surface area contributed by atoms with E-state index in [1.165, 1.54) is 24.4 Å². The summed E-state index contributed by atoms with van der Waals surface area (Å²) in [4.78, 5) is 40.0. The predicted molar refractivity (Wildman–Crippen MR) is 120 cm³/mol. The van der Waals surface area contributed by atoms with Crippen LogP contribution in [0.1, 0.15) is 37.7 Å². The molecular formula is C24H28N2O5. The monoisotopic (exact) mass is 424 g/mol. The van der Waals surface area contributed by atoms with Gasteiger partial charge in [0.05, 0.1) is 25.1 Å². The molecule has 0 unspecified atom stereocenters. The van der Waals surface area contributed by atoms with E-state index in [1.807, 2.05) is 30.3 Å². The highest BCUT2D eigenvalue weighted by atomic mass is 16.5. The average Bonchev–Trinajstić information content (AvgIpc) is 2.79. The van der Waals surface area contributed by atoms with Crippen molar-refractivity contribution in [2.24, 2.45) is 0 Å². The summed E-state index contributed by atoms with van der Waals surface area (Å²) in [6.07, 6.45) is 3.99. The SMILES string of the molecule is COc1cc2[nH]c(=O)n(CCCCCC(=O)CCc3ccccc3)c(=O)c2cc1OC. The van der Waals surface area contributed by atoms with Crippen LogP contribution >= 0.6 is 0 Å². The Kier molecular flexibility index (Phi) is 7.65. The lowest BCUT2D eigenvalue weighted by Crippen LogP contribution is -2.35. The van der Waals surface area contributed by atoms with Gasteiger partial charge in [0.2, 0.25) is 0 Å². The first kappa shape index (κ1) is 22.3. The van der Waals surface area contributed by atoms with Crippen molar-refractivity contribution in [2.75, 3.05) is 14.2 Å². The number of hydrogen-bond donors (Lipinski definition) is 1. The number of rotatable bonds is 11. The second-order valence-corrected chi connectivity index (χ2v) is 7.47. The molecule has 31 heavy (non-hydrogen) atoms. The molecule has 0 aliphatic heterocycles. The zero-order valence-electron chi connectivity index (χ0n) is 18.0. The third-order valence-corrected chi connectivity index (χ3v) is 5.36. The fraction of sp³-hybridized carbons (Fsp3) is 0.375. The number of H-pyrrole nitrogens is 1. The molecule has 0 saturated carbocycles. The molecule has 1 heterocycles. The molecule has 7 nitrogen and oxygen atoms in total. The number of ketones is 1. The highest BCUT2D eigenvalue weighted by Crippen LogP contribution is 2.29. The number of carbonyl (C=O) groups is 1. The van der Waals surface area contributed by atoms with Gasteiger partial charge in [0.1, 0.15) is 5.78 Å². The van der Waals surface area contributed by atoms with Crippen molar-refractivity contribution in [1.82, 2.24) is 9.55 Å². The second-order valence-electron chi connectivity index (χ2n) is 7.47. The molecule has 0 spiro atoms. The molecule has 0 amide bonds. The van der Waals surface area contributed by atoms with Crippen molar-refractivity contribution in [3.8, 4) is 11.5 Å². The third-order valence-electron chi connectivity index (χ3n) is 5.36. The fourth-order valence-corrected chi connectivity index (χ4v) is 3.61. The van der Waals surface area contributed by atoms with Crippen molar-refractivity contribution >= 4 is 16.7 Å². The van der Waals surface area contributed by atoms with Gasteiger partial charge in [-0.05, 0) is 30.9 Å². The fourth-order valence-electron chi connectivity index (χ4n) is 3.61. The van der Waals surface area contributed by atoms with E-state index < -0.39 is 5.69 Å². The molecule has 0 bridgehead atoms. The largest absolute Gasteiger partial charge is 0.493 e. The third kappa shape index (κ3) is 5.63. The quantitative estimate of drug-likeness (QED) is 0.476. The van der Waals surface area contributed by atoms with Gasteiger partial charge in [-0.3, -0.25) is 14.2 Å². The number of hydrogen-bond acceptors (Lipinski definition) is 5.